The van der Waals surface area contributed by atoms with Crippen molar-refractivity contribution in [2.75, 3.05) is 7.05 Å². The lowest BCUT2D eigenvalue weighted by atomic mass is 10.00. The van der Waals surface area contributed by atoms with Crippen LogP contribution in [0.4, 0.5) is 0 Å². The molecule has 1 aromatic heterocycles. The van der Waals surface area contributed by atoms with Crippen LogP contribution in [0.25, 0.3) is 11.4 Å². The Morgan fingerprint density at radius 1 is 1.37 bits per heavy atom. The van der Waals surface area contributed by atoms with E-state index in [0.717, 1.165) is 12.0 Å². The number of hydrogen-bond donors (Lipinski definition) is 1. The summed E-state index contributed by atoms with van der Waals surface area (Å²) < 4.78 is 5.40. The molecule has 0 amide bonds. The summed E-state index contributed by atoms with van der Waals surface area (Å²) in [5.41, 5.74) is 2.19. The van der Waals surface area contributed by atoms with Crippen LogP contribution >= 0.6 is 0 Å². The highest BCUT2D eigenvalue weighted by Crippen LogP contribution is 2.23. The van der Waals surface area contributed by atoms with Gasteiger partial charge in [0.2, 0.25) is 11.7 Å². The number of nitrogens with one attached hydrogen (secondary N) is 1. The van der Waals surface area contributed by atoms with E-state index in [-0.39, 0.29) is 5.92 Å². The molecule has 0 spiro atoms. The summed E-state index contributed by atoms with van der Waals surface area (Å²) in [6.07, 6.45) is 1.03. The highest BCUT2D eigenvalue weighted by Gasteiger charge is 2.21. The van der Waals surface area contributed by atoms with Crippen molar-refractivity contribution in [2.24, 2.45) is 0 Å². The van der Waals surface area contributed by atoms with Crippen molar-refractivity contribution >= 4 is 0 Å². The van der Waals surface area contributed by atoms with Gasteiger partial charge in [-0.3, -0.25) is 0 Å². The van der Waals surface area contributed by atoms with Gasteiger partial charge in [0, 0.05) is 11.6 Å². The molecule has 4 heteroatoms. The first-order chi connectivity index (χ1) is 9.15. The van der Waals surface area contributed by atoms with Gasteiger partial charge in [-0.2, -0.15) is 4.98 Å². The van der Waals surface area contributed by atoms with Gasteiger partial charge >= 0.3 is 0 Å². The van der Waals surface area contributed by atoms with Crippen LogP contribution in [0.3, 0.4) is 0 Å². The summed E-state index contributed by atoms with van der Waals surface area (Å²) in [6, 6.07) is 8.48. The summed E-state index contributed by atoms with van der Waals surface area (Å²) in [5.74, 6) is 1.57. The van der Waals surface area contributed by atoms with Crippen LogP contribution in [-0.2, 0) is 0 Å². The minimum atomic E-state index is 0.209. The molecule has 1 heterocycles. The second-order valence-corrected chi connectivity index (χ2v) is 4.92. The fourth-order valence-corrected chi connectivity index (χ4v) is 2.30. The zero-order valence-electron chi connectivity index (χ0n) is 12.0. The van der Waals surface area contributed by atoms with Crippen LogP contribution < -0.4 is 5.32 Å². The fraction of sp³-hybridized carbons (Fsp3) is 0.467. The van der Waals surface area contributed by atoms with E-state index in [9.17, 15) is 0 Å². The van der Waals surface area contributed by atoms with Crippen molar-refractivity contribution in [2.45, 2.75) is 39.2 Å². The second-order valence-electron chi connectivity index (χ2n) is 4.92. The number of nitrogens with zero attached hydrogens (tertiary/aromatic N) is 2. The molecule has 0 aliphatic rings. The van der Waals surface area contributed by atoms with Crippen LogP contribution in [0.5, 0.6) is 0 Å². The largest absolute Gasteiger partial charge is 0.339 e. The van der Waals surface area contributed by atoms with Gasteiger partial charge in [-0.25, -0.2) is 0 Å². The van der Waals surface area contributed by atoms with E-state index in [1.807, 2.05) is 19.2 Å². The van der Waals surface area contributed by atoms with E-state index >= 15 is 0 Å². The van der Waals surface area contributed by atoms with Gasteiger partial charge < -0.3 is 9.84 Å². The van der Waals surface area contributed by atoms with Crippen molar-refractivity contribution in [3.63, 3.8) is 0 Å². The third-order valence-corrected chi connectivity index (χ3v) is 3.52. The SMILES string of the molecule is CCC(NC)C(C)c1nc(-c2cccc(C)c2)no1. The van der Waals surface area contributed by atoms with Crippen LogP contribution in [0, 0.1) is 6.92 Å². The zero-order chi connectivity index (χ0) is 13.8. The summed E-state index contributed by atoms with van der Waals surface area (Å²) in [6.45, 7) is 6.31. The number of hydrogen-bond acceptors (Lipinski definition) is 4. The average Bonchev–Trinajstić information content (AvgIpc) is 2.89. The molecule has 0 aliphatic carbocycles. The lowest BCUT2D eigenvalue weighted by Crippen LogP contribution is -2.30. The molecule has 1 aromatic carbocycles. The van der Waals surface area contributed by atoms with Crippen LogP contribution in [0.15, 0.2) is 28.8 Å². The Kier molecular flexibility index (Phi) is 4.32. The highest BCUT2D eigenvalue weighted by atomic mass is 16.5. The third kappa shape index (κ3) is 3.01. The van der Waals surface area contributed by atoms with E-state index in [0.29, 0.717) is 17.8 Å². The summed E-state index contributed by atoms with van der Waals surface area (Å²) >= 11 is 0. The second kappa shape index (κ2) is 5.97. The van der Waals surface area contributed by atoms with E-state index in [2.05, 4.69) is 48.4 Å². The molecule has 0 aliphatic heterocycles. The first kappa shape index (κ1) is 13.7. The standard InChI is InChI=1S/C15H21N3O/c1-5-13(16-4)11(3)15-17-14(18-19-15)12-8-6-7-10(2)9-12/h6-9,11,13,16H,5H2,1-4H3. The van der Waals surface area contributed by atoms with Gasteiger partial charge in [0.25, 0.3) is 0 Å². The quantitative estimate of drug-likeness (QED) is 0.896. The van der Waals surface area contributed by atoms with E-state index in [1.54, 1.807) is 0 Å². The summed E-state index contributed by atoms with van der Waals surface area (Å²) in [7, 11) is 1.96. The molecule has 2 rings (SSSR count). The number of aromatic nitrogens is 2. The first-order valence-electron chi connectivity index (χ1n) is 6.73. The molecule has 0 fully saturated rings. The Morgan fingerprint density at radius 3 is 2.79 bits per heavy atom. The molecule has 19 heavy (non-hydrogen) atoms. The predicted octanol–water partition coefficient (Wildman–Crippen LogP) is 3.15. The Labute approximate surface area is 114 Å². The lowest BCUT2D eigenvalue weighted by Gasteiger charge is -2.18. The number of aryl methyl sites for hydroxylation is 1. The van der Waals surface area contributed by atoms with Crippen LogP contribution in [0.2, 0.25) is 0 Å². The van der Waals surface area contributed by atoms with Gasteiger partial charge in [0.15, 0.2) is 0 Å². The van der Waals surface area contributed by atoms with Gasteiger partial charge in [-0.15, -0.1) is 0 Å². The molecule has 1 N–H and O–H groups in total. The molecule has 4 nitrogen and oxygen atoms in total. The maximum Gasteiger partial charge on any atom is 0.231 e. The molecule has 102 valence electrons. The number of rotatable bonds is 5. The first-order valence-corrected chi connectivity index (χ1v) is 6.73. The third-order valence-electron chi connectivity index (χ3n) is 3.52. The lowest BCUT2D eigenvalue weighted by molar-refractivity contribution is 0.326. The van der Waals surface area contributed by atoms with Crippen molar-refractivity contribution in [1.29, 1.82) is 0 Å². The van der Waals surface area contributed by atoms with Crippen LogP contribution in [-0.4, -0.2) is 23.2 Å². The Morgan fingerprint density at radius 2 is 2.16 bits per heavy atom. The monoisotopic (exact) mass is 259 g/mol. The van der Waals surface area contributed by atoms with Crippen LogP contribution in [0.1, 0.15) is 37.6 Å². The van der Waals surface area contributed by atoms with Crippen molar-refractivity contribution < 1.29 is 4.52 Å². The van der Waals surface area contributed by atoms with E-state index in [1.165, 1.54) is 5.56 Å². The van der Waals surface area contributed by atoms with E-state index in [4.69, 9.17) is 4.52 Å². The predicted molar refractivity (Wildman–Crippen MR) is 76.0 cm³/mol. The maximum absolute atomic E-state index is 5.40. The number of likely N-dealkylation sites (N-methyl/N-ethyl adjacent to an activating group) is 1. The van der Waals surface area contributed by atoms with Gasteiger partial charge in [-0.05, 0) is 26.5 Å². The van der Waals surface area contributed by atoms with Gasteiger partial charge in [0.05, 0.1) is 5.92 Å². The Hall–Kier alpha value is -1.68. The van der Waals surface area contributed by atoms with Crippen molar-refractivity contribution in [3.05, 3.63) is 35.7 Å². The minimum Gasteiger partial charge on any atom is -0.339 e. The Balaban J connectivity index is 2.24. The molecule has 0 saturated heterocycles. The minimum absolute atomic E-state index is 0.209. The molecule has 0 bridgehead atoms. The molecule has 2 atom stereocenters. The maximum atomic E-state index is 5.40. The zero-order valence-corrected chi connectivity index (χ0v) is 12.0. The summed E-state index contributed by atoms with van der Waals surface area (Å²) in [4.78, 5) is 4.52. The fourth-order valence-electron chi connectivity index (χ4n) is 2.30. The molecule has 0 saturated carbocycles. The molecule has 2 unspecified atom stereocenters. The average molecular weight is 259 g/mol. The highest BCUT2D eigenvalue weighted by molar-refractivity contribution is 5.55. The van der Waals surface area contributed by atoms with Gasteiger partial charge in [0.1, 0.15) is 0 Å². The molecule has 0 radical (unpaired) electrons. The van der Waals surface area contributed by atoms with Gasteiger partial charge in [-0.1, -0.05) is 42.8 Å². The molecule has 2 aromatic rings. The normalized spacial score (nSPS) is 14.3. The Bertz CT molecular complexity index is 532. The van der Waals surface area contributed by atoms with E-state index < -0.39 is 0 Å². The number of benzene rings is 1. The topological polar surface area (TPSA) is 51.0 Å². The molecular formula is C15H21N3O. The summed E-state index contributed by atoms with van der Waals surface area (Å²) in [5, 5.41) is 7.37. The van der Waals surface area contributed by atoms with Crippen molar-refractivity contribution in [1.82, 2.24) is 15.5 Å². The molecular weight excluding hydrogens is 238 g/mol. The van der Waals surface area contributed by atoms with Crippen molar-refractivity contribution in [3.8, 4) is 11.4 Å². The smallest absolute Gasteiger partial charge is 0.231 e.